The van der Waals surface area contributed by atoms with E-state index in [1.807, 2.05) is 0 Å². The van der Waals surface area contributed by atoms with E-state index in [-0.39, 0.29) is 13.0 Å². The lowest BCUT2D eigenvalue weighted by Crippen LogP contribution is -2.34. The van der Waals surface area contributed by atoms with E-state index in [0.29, 0.717) is 6.42 Å². The van der Waals surface area contributed by atoms with Crippen molar-refractivity contribution >= 4 is 10.4 Å². The van der Waals surface area contributed by atoms with E-state index in [0.717, 1.165) is 19.3 Å². The first kappa shape index (κ1) is 26.8. The van der Waals surface area contributed by atoms with Gasteiger partial charge in [0.25, 0.3) is 0 Å². The highest BCUT2D eigenvalue weighted by molar-refractivity contribution is 7.81. The predicted molar refractivity (Wildman–Crippen MR) is 112 cm³/mol. The summed E-state index contributed by atoms with van der Waals surface area (Å²) in [5.41, 5.74) is 0. The summed E-state index contributed by atoms with van der Waals surface area (Å²) in [7, 11) is -4.12. The Morgan fingerprint density at radius 3 is 1.48 bits per heavy atom. The monoisotopic (exact) mass is 408 g/mol. The SMILES string of the molecule is CCCCCCCCCCCCCCCCC(O)(CC)OS(=O)(=O)OCC. The van der Waals surface area contributed by atoms with Crippen LogP contribution in [0.1, 0.15) is 124 Å². The number of rotatable bonds is 20. The van der Waals surface area contributed by atoms with Gasteiger partial charge in [-0.25, -0.2) is 8.37 Å². The molecule has 0 heterocycles. The second-order valence-electron chi connectivity index (χ2n) is 7.54. The second kappa shape index (κ2) is 16.8. The van der Waals surface area contributed by atoms with E-state index in [2.05, 4.69) is 11.1 Å². The van der Waals surface area contributed by atoms with Crippen LogP contribution in [0.3, 0.4) is 0 Å². The molecule has 0 fully saturated rings. The Labute approximate surface area is 168 Å². The molecule has 0 saturated carbocycles. The van der Waals surface area contributed by atoms with Crippen molar-refractivity contribution in [3.05, 3.63) is 0 Å². The molecular weight excluding hydrogens is 364 g/mol. The van der Waals surface area contributed by atoms with Crippen LogP contribution in [0.5, 0.6) is 0 Å². The van der Waals surface area contributed by atoms with Gasteiger partial charge in [-0.05, 0) is 19.8 Å². The minimum atomic E-state index is -4.12. The molecule has 27 heavy (non-hydrogen) atoms. The normalized spacial score (nSPS) is 14.4. The fourth-order valence-corrected chi connectivity index (χ4v) is 4.15. The third-order valence-corrected chi connectivity index (χ3v) is 6.03. The molecule has 0 aromatic carbocycles. The average Bonchev–Trinajstić information content (AvgIpc) is 2.61. The number of aliphatic hydroxyl groups is 1. The summed E-state index contributed by atoms with van der Waals surface area (Å²) in [6.45, 7) is 5.54. The quantitative estimate of drug-likeness (QED) is 0.190. The highest BCUT2D eigenvalue weighted by Crippen LogP contribution is 2.24. The van der Waals surface area contributed by atoms with E-state index in [4.69, 9.17) is 4.18 Å². The van der Waals surface area contributed by atoms with Crippen molar-refractivity contribution in [3.63, 3.8) is 0 Å². The summed E-state index contributed by atoms with van der Waals surface area (Å²) in [5.74, 6) is -1.65. The lowest BCUT2D eigenvalue weighted by Gasteiger charge is -2.25. The minimum Gasteiger partial charge on any atom is -0.364 e. The summed E-state index contributed by atoms with van der Waals surface area (Å²) < 4.78 is 32.5. The number of hydrogen-bond acceptors (Lipinski definition) is 5. The first-order valence-electron chi connectivity index (χ1n) is 11.2. The Morgan fingerprint density at radius 1 is 0.704 bits per heavy atom. The van der Waals surface area contributed by atoms with Gasteiger partial charge >= 0.3 is 10.4 Å². The Hall–Kier alpha value is -0.170. The first-order chi connectivity index (χ1) is 12.9. The van der Waals surface area contributed by atoms with Gasteiger partial charge in [-0.15, -0.1) is 0 Å². The van der Waals surface area contributed by atoms with Crippen LogP contribution in [-0.4, -0.2) is 25.9 Å². The summed E-state index contributed by atoms with van der Waals surface area (Å²) >= 11 is 0. The molecule has 164 valence electrons. The highest BCUT2D eigenvalue weighted by atomic mass is 32.3. The molecule has 1 atom stereocenters. The van der Waals surface area contributed by atoms with Crippen LogP contribution in [0.25, 0.3) is 0 Å². The lowest BCUT2D eigenvalue weighted by molar-refractivity contribution is -0.148. The molecule has 5 nitrogen and oxygen atoms in total. The molecule has 0 radical (unpaired) electrons. The van der Waals surface area contributed by atoms with Gasteiger partial charge < -0.3 is 5.11 Å². The molecule has 0 aliphatic carbocycles. The standard InChI is InChI=1S/C21H44O5S/c1-4-7-8-9-10-11-12-13-14-15-16-17-18-19-20-21(22,5-2)26-27(23,24)25-6-3/h22H,4-20H2,1-3H3. The summed E-state index contributed by atoms with van der Waals surface area (Å²) in [6, 6.07) is 0. The Balaban J connectivity index is 3.59. The van der Waals surface area contributed by atoms with Gasteiger partial charge in [0.1, 0.15) is 0 Å². The number of unbranched alkanes of at least 4 members (excludes halogenated alkanes) is 13. The molecule has 0 bridgehead atoms. The molecule has 1 N–H and O–H groups in total. The zero-order valence-electron chi connectivity index (χ0n) is 18.0. The van der Waals surface area contributed by atoms with Crippen molar-refractivity contribution in [1.82, 2.24) is 0 Å². The van der Waals surface area contributed by atoms with E-state index < -0.39 is 16.2 Å². The molecule has 0 rings (SSSR count). The maximum atomic E-state index is 11.5. The predicted octanol–water partition coefficient (Wildman–Crippen LogP) is 6.25. The van der Waals surface area contributed by atoms with Crippen molar-refractivity contribution in [3.8, 4) is 0 Å². The molecule has 0 aliphatic heterocycles. The van der Waals surface area contributed by atoms with Gasteiger partial charge in [0.15, 0.2) is 5.79 Å². The van der Waals surface area contributed by atoms with Crippen LogP contribution in [0.15, 0.2) is 0 Å². The molecule has 0 aromatic heterocycles. The first-order valence-corrected chi connectivity index (χ1v) is 12.5. The Bertz CT molecular complexity index is 424. The van der Waals surface area contributed by atoms with Crippen LogP contribution >= 0.6 is 0 Å². The molecule has 1 unspecified atom stereocenters. The topological polar surface area (TPSA) is 72.8 Å². The summed E-state index contributed by atoms with van der Waals surface area (Å²) in [4.78, 5) is 0. The average molecular weight is 409 g/mol. The van der Waals surface area contributed by atoms with Gasteiger partial charge in [-0.2, -0.15) is 8.42 Å². The van der Waals surface area contributed by atoms with Crippen LogP contribution in [0, 0.1) is 0 Å². The molecular formula is C21H44O5S. The largest absolute Gasteiger partial charge is 0.402 e. The van der Waals surface area contributed by atoms with Crippen molar-refractivity contribution in [1.29, 1.82) is 0 Å². The number of hydrogen-bond donors (Lipinski definition) is 1. The van der Waals surface area contributed by atoms with E-state index in [1.54, 1.807) is 13.8 Å². The smallest absolute Gasteiger partial charge is 0.364 e. The second-order valence-corrected chi connectivity index (χ2v) is 8.76. The molecule has 6 heteroatoms. The van der Waals surface area contributed by atoms with Crippen molar-refractivity contribution in [2.75, 3.05) is 6.61 Å². The zero-order chi connectivity index (χ0) is 20.4. The van der Waals surface area contributed by atoms with Gasteiger partial charge in [-0.1, -0.05) is 97.3 Å². The van der Waals surface area contributed by atoms with Crippen molar-refractivity contribution in [2.24, 2.45) is 0 Å². The van der Waals surface area contributed by atoms with E-state index in [9.17, 15) is 13.5 Å². The van der Waals surface area contributed by atoms with E-state index >= 15 is 0 Å². The Morgan fingerprint density at radius 2 is 1.11 bits per heavy atom. The van der Waals surface area contributed by atoms with Gasteiger partial charge in [-0.3, -0.25) is 0 Å². The van der Waals surface area contributed by atoms with Crippen LogP contribution in [-0.2, 0) is 18.8 Å². The summed E-state index contributed by atoms with van der Waals surface area (Å²) in [5, 5.41) is 10.3. The lowest BCUT2D eigenvalue weighted by atomic mass is 10.0. The third kappa shape index (κ3) is 16.5. The Kier molecular flexibility index (Phi) is 16.6. The van der Waals surface area contributed by atoms with Gasteiger partial charge in [0, 0.05) is 6.42 Å². The fraction of sp³-hybridized carbons (Fsp3) is 1.00. The third-order valence-electron chi connectivity index (χ3n) is 4.99. The molecule has 0 spiro atoms. The van der Waals surface area contributed by atoms with Crippen LogP contribution < -0.4 is 0 Å². The molecule has 0 amide bonds. The summed E-state index contributed by atoms with van der Waals surface area (Å²) in [6.07, 6.45) is 18.1. The van der Waals surface area contributed by atoms with Crippen molar-refractivity contribution < 1.29 is 21.9 Å². The van der Waals surface area contributed by atoms with Gasteiger partial charge in [0.2, 0.25) is 0 Å². The highest BCUT2D eigenvalue weighted by Gasteiger charge is 2.32. The fourth-order valence-electron chi connectivity index (χ4n) is 3.23. The zero-order valence-corrected chi connectivity index (χ0v) is 18.8. The maximum absolute atomic E-state index is 11.5. The molecule has 0 aromatic rings. The van der Waals surface area contributed by atoms with Gasteiger partial charge in [0.05, 0.1) is 6.61 Å². The van der Waals surface area contributed by atoms with Crippen LogP contribution in [0.4, 0.5) is 0 Å². The van der Waals surface area contributed by atoms with E-state index in [1.165, 1.54) is 70.6 Å². The molecule has 0 aliphatic rings. The minimum absolute atomic E-state index is 0.000977. The molecule has 0 saturated heterocycles. The van der Waals surface area contributed by atoms with Crippen LogP contribution in [0.2, 0.25) is 0 Å². The van der Waals surface area contributed by atoms with Crippen molar-refractivity contribution in [2.45, 2.75) is 129 Å². The maximum Gasteiger partial charge on any atom is 0.402 e.